The molecule has 0 aliphatic carbocycles. The number of carbonyl (C=O) groups excluding carboxylic acids is 2. The van der Waals surface area contributed by atoms with E-state index >= 15 is 0 Å². The number of carbonyl (C=O) groups is 2. The van der Waals surface area contributed by atoms with Gasteiger partial charge in [-0.3, -0.25) is 9.59 Å². The highest BCUT2D eigenvalue weighted by Gasteiger charge is 2.38. The lowest BCUT2D eigenvalue weighted by molar-refractivity contribution is -0.149. The first kappa shape index (κ1) is 13.0. The van der Waals surface area contributed by atoms with Gasteiger partial charge in [-0.25, -0.2) is 0 Å². The largest absolute Gasteiger partial charge is 0.342 e. The van der Waals surface area contributed by atoms with Gasteiger partial charge in [0.1, 0.15) is 12.1 Å². The van der Waals surface area contributed by atoms with Crippen LogP contribution in [0.4, 0.5) is 0 Å². The number of likely N-dealkylation sites (N-methyl/N-ethyl adjacent to an activating group) is 1. The summed E-state index contributed by atoms with van der Waals surface area (Å²) in [5.41, 5.74) is 0. The van der Waals surface area contributed by atoms with Gasteiger partial charge in [-0.15, -0.1) is 0 Å². The minimum atomic E-state index is -0.324. The average Bonchev–Trinajstić information content (AvgIpc) is 2.21. The SMILES string of the molecule is CCC1C(=O)NC(CC(C)C)C(=O)N1CC. The fourth-order valence-corrected chi connectivity index (χ4v) is 2.24. The number of amides is 2. The second-order valence-corrected chi connectivity index (χ2v) is 4.74. The minimum absolute atomic E-state index is 0.00500. The fourth-order valence-electron chi connectivity index (χ4n) is 2.24. The molecule has 1 N–H and O–H groups in total. The van der Waals surface area contributed by atoms with Crippen molar-refractivity contribution in [3.8, 4) is 0 Å². The van der Waals surface area contributed by atoms with Crippen molar-refractivity contribution in [3.05, 3.63) is 0 Å². The van der Waals surface area contributed by atoms with Crippen LogP contribution in [0.3, 0.4) is 0 Å². The molecule has 16 heavy (non-hydrogen) atoms. The Morgan fingerprint density at radius 2 is 1.94 bits per heavy atom. The van der Waals surface area contributed by atoms with E-state index in [-0.39, 0.29) is 23.9 Å². The second-order valence-electron chi connectivity index (χ2n) is 4.74. The molecule has 0 aromatic rings. The van der Waals surface area contributed by atoms with Crippen LogP contribution in [0, 0.1) is 5.92 Å². The molecule has 4 heteroatoms. The van der Waals surface area contributed by atoms with Gasteiger partial charge in [0.25, 0.3) is 0 Å². The monoisotopic (exact) mass is 226 g/mol. The van der Waals surface area contributed by atoms with Crippen LogP contribution in [0.15, 0.2) is 0 Å². The number of hydrogen-bond donors (Lipinski definition) is 1. The van der Waals surface area contributed by atoms with Gasteiger partial charge >= 0.3 is 0 Å². The summed E-state index contributed by atoms with van der Waals surface area (Å²) in [7, 11) is 0. The molecule has 0 aromatic heterocycles. The third-order valence-electron chi connectivity index (χ3n) is 3.01. The van der Waals surface area contributed by atoms with E-state index < -0.39 is 0 Å². The van der Waals surface area contributed by atoms with Crippen LogP contribution in [0.2, 0.25) is 0 Å². The predicted molar refractivity (Wildman–Crippen MR) is 62.9 cm³/mol. The molecule has 2 amide bonds. The van der Waals surface area contributed by atoms with Crippen molar-refractivity contribution in [2.24, 2.45) is 5.92 Å². The third kappa shape index (κ3) is 2.54. The number of nitrogens with zero attached hydrogens (tertiary/aromatic N) is 1. The number of piperazine rings is 1. The molecule has 1 aliphatic heterocycles. The number of rotatable bonds is 4. The molecule has 0 aromatic carbocycles. The molecule has 0 saturated carbocycles. The number of hydrogen-bond acceptors (Lipinski definition) is 2. The molecule has 1 saturated heterocycles. The summed E-state index contributed by atoms with van der Waals surface area (Å²) in [5, 5.41) is 2.83. The van der Waals surface area contributed by atoms with Crippen LogP contribution in [-0.2, 0) is 9.59 Å². The summed E-state index contributed by atoms with van der Waals surface area (Å²) in [4.78, 5) is 25.6. The van der Waals surface area contributed by atoms with E-state index in [4.69, 9.17) is 0 Å². The van der Waals surface area contributed by atoms with E-state index in [0.29, 0.717) is 18.9 Å². The van der Waals surface area contributed by atoms with E-state index in [1.54, 1.807) is 4.90 Å². The zero-order chi connectivity index (χ0) is 12.3. The molecule has 0 bridgehead atoms. The zero-order valence-corrected chi connectivity index (χ0v) is 10.6. The number of nitrogens with one attached hydrogen (secondary N) is 1. The van der Waals surface area contributed by atoms with Crippen molar-refractivity contribution in [1.29, 1.82) is 0 Å². The maximum Gasteiger partial charge on any atom is 0.245 e. The lowest BCUT2D eigenvalue weighted by atomic mass is 9.98. The first-order chi connectivity index (χ1) is 7.51. The van der Waals surface area contributed by atoms with Gasteiger partial charge in [0, 0.05) is 6.54 Å². The first-order valence-electron chi connectivity index (χ1n) is 6.12. The van der Waals surface area contributed by atoms with Gasteiger partial charge < -0.3 is 10.2 Å². The lowest BCUT2D eigenvalue weighted by Crippen LogP contribution is -2.63. The van der Waals surface area contributed by atoms with Crippen molar-refractivity contribution in [1.82, 2.24) is 10.2 Å². The average molecular weight is 226 g/mol. The van der Waals surface area contributed by atoms with Crippen LogP contribution in [-0.4, -0.2) is 35.3 Å². The van der Waals surface area contributed by atoms with Crippen molar-refractivity contribution >= 4 is 11.8 Å². The van der Waals surface area contributed by atoms with Gasteiger partial charge in [-0.2, -0.15) is 0 Å². The summed E-state index contributed by atoms with van der Waals surface area (Å²) >= 11 is 0. The topological polar surface area (TPSA) is 49.4 Å². The minimum Gasteiger partial charge on any atom is -0.342 e. The Kier molecular flexibility index (Phi) is 4.33. The molecule has 0 spiro atoms. The third-order valence-corrected chi connectivity index (χ3v) is 3.01. The normalized spacial score (nSPS) is 26.2. The Balaban J connectivity index is 2.80. The first-order valence-corrected chi connectivity index (χ1v) is 6.12. The highest BCUT2D eigenvalue weighted by Crippen LogP contribution is 2.17. The van der Waals surface area contributed by atoms with E-state index in [1.807, 2.05) is 13.8 Å². The van der Waals surface area contributed by atoms with Gasteiger partial charge in [-0.05, 0) is 25.7 Å². The maximum atomic E-state index is 12.1. The van der Waals surface area contributed by atoms with E-state index in [2.05, 4.69) is 19.2 Å². The van der Waals surface area contributed by atoms with E-state index in [9.17, 15) is 9.59 Å². The van der Waals surface area contributed by atoms with Crippen molar-refractivity contribution in [2.45, 2.75) is 52.6 Å². The van der Waals surface area contributed by atoms with Crippen LogP contribution < -0.4 is 5.32 Å². The van der Waals surface area contributed by atoms with Crippen molar-refractivity contribution in [3.63, 3.8) is 0 Å². The maximum absolute atomic E-state index is 12.1. The zero-order valence-electron chi connectivity index (χ0n) is 10.6. The van der Waals surface area contributed by atoms with E-state index in [1.165, 1.54) is 0 Å². The quantitative estimate of drug-likeness (QED) is 0.782. The van der Waals surface area contributed by atoms with Crippen LogP contribution in [0.25, 0.3) is 0 Å². The Bertz CT molecular complexity index is 276. The molecule has 2 atom stereocenters. The molecule has 4 nitrogen and oxygen atoms in total. The summed E-state index contributed by atoms with van der Waals surface area (Å²) in [6.45, 7) is 8.58. The fraction of sp³-hybridized carbons (Fsp3) is 0.833. The van der Waals surface area contributed by atoms with Gasteiger partial charge in [-0.1, -0.05) is 20.8 Å². The molecule has 92 valence electrons. The lowest BCUT2D eigenvalue weighted by Gasteiger charge is -2.38. The van der Waals surface area contributed by atoms with Crippen LogP contribution >= 0.6 is 0 Å². The molecular weight excluding hydrogens is 204 g/mol. The van der Waals surface area contributed by atoms with Gasteiger partial charge in [0.2, 0.25) is 11.8 Å². The molecular formula is C12H22N2O2. The summed E-state index contributed by atoms with van der Waals surface area (Å²) in [6.07, 6.45) is 1.40. The summed E-state index contributed by atoms with van der Waals surface area (Å²) in [5.74, 6) is 0.475. The molecule has 1 rings (SSSR count). The Morgan fingerprint density at radius 3 is 2.38 bits per heavy atom. The molecule has 1 heterocycles. The molecule has 0 radical (unpaired) electrons. The van der Waals surface area contributed by atoms with Crippen molar-refractivity contribution in [2.75, 3.05) is 6.54 Å². The molecule has 1 aliphatic rings. The Morgan fingerprint density at radius 1 is 1.31 bits per heavy atom. The molecule has 1 fully saturated rings. The summed E-state index contributed by atoms with van der Waals surface area (Å²) < 4.78 is 0. The van der Waals surface area contributed by atoms with Gasteiger partial charge in [0.05, 0.1) is 0 Å². The van der Waals surface area contributed by atoms with Crippen molar-refractivity contribution < 1.29 is 9.59 Å². The predicted octanol–water partition coefficient (Wildman–Crippen LogP) is 1.16. The van der Waals surface area contributed by atoms with E-state index in [0.717, 1.165) is 6.42 Å². The van der Waals surface area contributed by atoms with Gasteiger partial charge in [0.15, 0.2) is 0 Å². The molecule has 2 unspecified atom stereocenters. The summed E-state index contributed by atoms with van der Waals surface area (Å²) in [6, 6.07) is -0.601. The Labute approximate surface area is 97.4 Å². The smallest absolute Gasteiger partial charge is 0.245 e. The Hall–Kier alpha value is -1.06. The highest BCUT2D eigenvalue weighted by molar-refractivity contribution is 5.96. The van der Waals surface area contributed by atoms with Crippen LogP contribution in [0.5, 0.6) is 0 Å². The van der Waals surface area contributed by atoms with Crippen LogP contribution in [0.1, 0.15) is 40.5 Å². The second kappa shape index (κ2) is 5.32. The standard InChI is InChI=1S/C12H22N2O2/c1-5-10-11(15)13-9(7-8(3)4)12(16)14(10)6-2/h8-10H,5-7H2,1-4H3,(H,13,15). The highest BCUT2D eigenvalue weighted by atomic mass is 16.2.